The van der Waals surface area contributed by atoms with Gasteiger partial charge < -0.3 is 0 Å². The largest absolute Gasteiger partial charge is 0.260 e. The van der Waals surface area contributed by atoms with Crippen molar-refractivity contribution in [1.82, 2.24) is 9.97 Å². The highest BCUT2D eigenvalue weighted by Crippen LogP contribution is 2.22. The summed E-state index contributed by atoms with van der Waals surface area (Å²) in [6.07, 6.45) is 1.80. The average molecular weight is 194 g/mol. The molecule has 13 heavy (non-hydrogen) atoms. The lowest BCUT2D eigenvalue weighted by Gasteiger charge is -1.89. The van der Waals surface area contributed by atoms with E-state index < -0.39 is 0 Å². The molecule has 0 fully saturated rings. The maximum Gasteiger partial charge on any atom is 0.0908 e. The van der Waals surface area contributed by atoms with Crippen LogP contribution in [-0.4, -0.2) is 9.97 Å². The van der Waals surface area contributed by atoms with E-state index in [4.69, 9.17) is 0 Å². The summed E-state index contributed by atoms with van der Waals surface area (Å²) >= 11 is 1.71. The molecule has 0 N–H and O–H groups in total. The SMILES string of the molecule is CC.Cc1nc2ccnc(C)c2s1. The smallest absolute Gasteiger partial charge is 0.0908 e. The molecule has 0 bridgehead atoms. The predicted molar refractivity (Wildman–Crippen MR) is 58.2 cm³/mol. The van der Waals surface area contributed by atoms with Gasteiger partial charge in [0.1, 0.15) is 0 Å². The third kappa shape index (κ3) is 2.04. The molecule has 0 aliphatic rings. The van der Waals surface area contributed by atoms with Crippen molar-refractivity contribution in [2.45, 2.75) is 27.7 Å². The number of pyridine rings is 1. The van der Waals surface area contributed by atoms with Crippen molar-refractivity contribution >= 4 is 21.6 Å². The first kappa shape index (κ1) is 10.1. The van der Waals surface area contributed by atoms with Crippen LogP contribution in [0.2, 0.25) is 0 Å². The Hall–Kier alpha value is -0.960. The molecule has 0 saturated carbocycles. The molecule has 0 radical (unpaired) electrons. The number of hydrogen-bond acceptors (Lipinski definition) is 3. The molecule has 0 saturated heterocycles. The summed E-state index contributed by atoms with van der Waals surface area (Å²) in [5, 5.41) is 1.11. The Labute approximate surface area is 82.7 Å². The number of thiazole rings is 1. The Kier molecular flexibility index (Phi) is 3.37. The Bertz CT molecular complexity index is 393. The number of rotatable bonds is 0. The van der Waals surface area contributed by atoms with E-state index in [9.17, 15) is 0 Å². The van der Waals surface area contributed by atoms with E-state index in [0.29, 0.717) is 0 Å². The topological polar surface area (TPSA) is 25.8 Å². The maximum atomic E-state index is 4.35. The van der Waals surface area contributed by atoms with Crippen LogP contribution in [0.15, 0.2) is 12.3 Å². The highest BCUT2D eigenvalue weighted by Gasteiger charge is 2.01. The molecule has 0 aliphatic heterocycles. The molecule has 0 aliphatic carbocycles. The van der Waals surface area contributed by atoms with Crippen molar-refractivity contribution in [3.05, 3.63) is 23.0 Å². The van der Waals surface area contributed by atoms with Crippen LogP contribution >= 0.6 is 11.3 Å². The number of hydrogen-bond donors (Lipinski definition) is 0. The van der Waals surface area contributed by atoms with Crippen molar-refractivity contribution in [2.24, 2.45) is 0 Å². The van der Waals surface area contributed by atoms with E-state index in [1.54, 1.807) is 17.5 Å². The minimum Gasteiger partial charge on any atom is -0.260 e. The Morgan fingerprint density at radius 2 is 1.92 bits per heavy atom. The van der Waals surface area contributed by atoms with E-state index in [1.165, 1.54) is 4.70 Å². The van der Waals surface area contributed by atoms with Gasteiger partial charge in [-0.05, 0) is 19.9 Å². The van der Waals surface area contributed by atoms with E-state index in [2.05, 4.69) is 9.97 Å². The van der Waals surface area contributed by atoms with Crippen LogP contribution in [0, 0.1) is 13.8 Å². The summed E-state index contributed by atoms with van der Waals surface area (Å²) < 4.78 is 1.21. The van der Waals surface area contributed by atoms with Crippen LogP contribution in [0.25, 0.3) is 10.2 Å². The van der Waals surface area contributed by atoms with Crippen LogP contribution < -0.4 is 0 Å². The van der Waals surface area contributed by atoms with Crippen LogP contribution in [0.4, 0.5) is 0 Å². The molecule has 0 aromatic carbocycles. The zero-order chi connectivity index (χ0) is 9.84. The number of aromatic nitrogens is 2. The first-order chi connectivity index (χ1) is 6.27. The van der Waals surface area contributed by atoms with Crippen LogP contribution in [-0.2, 0) is 0 Å². The van der Waals surface area contributed by atoms with Gasteiger partial charge in [0.05, 0.1) is 20.9 Å². The molecule has 2 heterocycles. The van der Waals surface area contributed by atoms with E-state index in [0.717, 1.165) is 16.2 Å². The first-order valence-electron chi connectivity index (χ1n) is 4.46. The monoisotopic (exact) mass is 194 g/mol. The van der Waals surface area contributed by atoms with Crippen molar-refractivity contribution in [3.63, 3.8) is 0 Å². The fourth-order valence-corrected chi connectivity index (χ4v) is 1.95. The molecule has 70 valence electrons. The fraction of sp³-hybridized carbons (Fsp3) is 0.400. The summed E-state index contributed by atoms with van der Waals surface area (Å²) in [6, 6.07) is 1.95. The lowest BCUT2D eigenvalue weighted by Crippen LogP contribution is -1.77. The van der Waals surface area contributed by atoms with Crippen LogP contribution in [0.5, 0.6) is 0 Å². The van der Waals surface area contributed by atoms with Gasteiger partial charge in [0.25, 0.3) is 0 Å². The summed E-state index contributed by atoms with van der Waals surface area (Å²) in [5.41, 5.74) is 2.15. The minimum absolute atomic E-state index is 1.07. The van der Waals surface area contributed by atoms with Gasteiger partial charge in [-0.2, -0.15) is 0 Å². The molecule has 0 amide bonds. The second-order valence-corrected chi connectivity index (χ2v) is 3.68. The third-order valence-corrected chi connectivity index (χ3v) is 2.68. The molecule has 0 spiro atoms. The normalized spacial score (nSPS) is 9.54. The summed E-state index contributed by atoms with van der Waals surface area (Å²) in [6.45, 7) is 8.03. The van der Waals surface area contributed by atoms with Crippen molar-refractivity contribution in [2.75, 3.05) is 0 Å². The van der Waals surface area contributed by atoms with Crippen LogP contribution in [0.1, 0.15) is 24.5 Å². The van der Waals surface area contributed by atoms with E-state index in [1.807, 2.05) is 33.8 Å². The molecule has 0 unspecified atom stereocenters. The Morgan fingerprint density at radius 3 is 2.54 bits per heavy atom. The van der Waals surface area contributed by atoms with E-state index >= 15 is 0 Å². The Balaban J connectivity index is 0.000000396. The lowest BCUT2D eigenvalue weighted by molar-refractivity contribution is 1.23. The fourth-order valence-electron chi connectivity index (χ4n) is 1.09. The molecule has 2 aromatic rings. The molecule has 0 atom stereocenters. The number of nitrogens with zero attached hydrogens (tertiary/aromatic N) is 2. The average Bonchev–Trinajstić information content (AvgIpc) is 2.51. The quantitative estimate of drug-likeness (QED) is 0.643. The van der Waals surface area contributed by atoms with E-state index in [-0.39, 0.29) is 0 Å². The summed E-state index contributed by atoms with van der Waals surface area (Å²) in [7, 11) is 0. The number of fused-ring (bicyclic) bond motifs is 1. The van der Waals surface area contributed by atoms with Gasteiger partial charge in [0.2, 0.25) is 0 Å². The summed E-state index contributed by atoms with van der Waals surface area (Å²) in [5.74, 6) is 0. The van der Waals surface area contributed by atoms with Crippen molar-refractivity contribution < 1.29 is 0 Å². The van der Waals surface area contributed by atoms with Crippen molar-refractivity contribution in [1.29, 1.82) is 0 Å². The first-order valence-corrected chi connectivity index (χ1v) is 5.28. The van der Waals surface area contributed by atoms with Gasteiger partial charge in [-0.25, -0.2) is 4.98 Å². The molecule has 2 rings (SSSR count). The second kappa shape index (κ2) is 4.33. The zero-order valence-electron chi connectivity index (χ0n) is 8.46. The highest BCUT2D eigenvalue weighted by atomic mass is 32.1. The standard InChI is InChI=1S/C8H8N2S.C2H6/c1-5-8-7(3-4-9-5)10-6(2)11-8;1-2/h3-4H,1-2H3;1-2H3. The number of aryl methyl sites for hydroxylation is 2. The van der Waals surface area contributed by atoms with Crippen molar-refractivity contribution in [3.8, 4) is 0 Å². The highest BCUT2D eigenvalue weighted by molar-refractivity contribution is 7.18. The van der Waals surface area contributed by atoms with Gasteiger partial charge in [-0.1, -0.05) is 13.8 Å². The lowest BCUT2D eigenvalue weighted by atomic mass is 10.3. The molecule has 2 nitrogen and oxygen atoms in total. The predicted octanol–water partition coefficient (Wildman–Crippen LogP) is 3.33. The zero-order valence-corrected chi connectivity index (χ0v) is 9.27. The molecule has 2 aromatic heterocycles. The van der Waals surface area contributed by atoms with Crippen LogP contribution in [0.3, 0.4) is 0 Å². The second-order valence-electron chi connectivity index (χ2n) is 2.48. The van der Waals surface area contributed by atoms with Gasteiger partial charge in [0.15, 0.2) is 0 Å². The molecule has 3 heteroatoms. The summed E-state index contributed by atoms with van der Waals surface area (Å²) in [4.78, 5) is 8.54. The molecular weight excluding hydrogens is 180 g/mol. The third-order valence-electron chi connectivity index (χ3n) is 1.59. The van der Waals surface area contributed by atoms with Gasteiger partial charge in [-0.3, -0.25) is 4.98 Å². The molecular formula is C10H14N2S. The van der Waals surface area contributed by atoms with Gasteiger partial charge >= 0.3 is 0 Å². The Morgan fingerprint density at radius 1 is 1.23 bits per heavy atom. The van der Waals surface area contributed by atoms with Gasteiger partial charge in [-0.15, -0.1) is 11.3 Å². The van der Waals surface area contributed by atoms with Gasteiger partial charge in [0, 0.05) is 6.20 Å². The minimum atomic E-state index is 1.07. The maximum absolute atomic E-state index is 4.35.